The molecule has 2 unspecified atom stereocenters. The van der Waals surface area contributed by atoms with Gasteiger partial charge in [-0.05, 0) is 41.8 Å². The van der Waals surface area contributed by atoms with Gasteiger partial charge in [0.25, 0.3) is 0 Å². The van der Waals surface area contributed by atoms with Crippen molar-refractivity contribution < 1.29 is 32.9 Å². The molecule has 6 nitrogen and oxygen atoms in total. The summed E-state index contributed by atoms with van der Waals surface area (Å²) in [5.41, 5.74) is 7.55. The predicted octanol–water partition coefficient (Wildman–Crippen LogP) is 4.06. The summed E-state index contributed by atoms with van der Waals surface area (Å²) in [7, 11) is 0. The highest BCUT2D eigenvalue weighted by Crippen LogP contribution is 2.33. The molecule has 154 valence electrons. The van der Waals surface area contributed by atoms with Crippen LogP contribution in [-0.2, 0) is 4.79 Å². The number of fused-ring (bicyclic) bond motifs is 1. The zero-order valence-corrected chi connectivity index (χ0v) is 15.3. The summed E-state index contributed by atoms with van der Waals surface area (Å²) < 4.78 is 43.4. The number of nitrogens with zero attached hydrogens (tertiary/aromatic N) is 1. The van der Waals surface area contributed by atoms with Crippen LogP contribution in [0.3, 0.4) is 0 Å². The van der Waals surface area contributed by atoms with Gasteiger partial charge >= 0.3 is 12.3 Å². The number of carbonyl (C=O) groups is 1. The van der Waals surface area contributed by atoms with E-state index in [2.05, 4.69) is 4.74 Å². The molecule has 4 N–H and O–H groups in total. The van der Waals surface area contributed by atoms with E-state index in [-0.39, 0.29) is 18.0 Å². The molecule has 3 rings (SSSR count). The van der Waals surface area contributed by atoms with Gasteiger partial charge in [-0.3, -0.25) is 4.79 Å². The zero-order chi connectivity index (χ0) is 21.3. The van der Waals surface area contributed by atoms with E-state index in [4.69, 9.17) is 10.8 Å². The van der Waals surface area contributed by atoms with Gasteiger partial charge in [-0.1, -0.05) is 19.1 Å². The Labute approximate surface area is 163 Å². The molecule has 29 heavy (non-hydrogen) atoms. The molecule has 3 aromatic rings. The number of carboxylic acid groups (broad SMARTS) is 1. The maximum absolute atomic E-state index is 12.6. The smallest absolute Gasteiger partial charge is 0.481 e. The van der Waals surface area contributed by atoms with Gasteiger partial charge in [-0.2, -0.15) is 0 Å². The number of ether oxygens (including phenoxy) is 1. The predicted molar refractivity (Wildman–Crippen MR) is 99.8 cm³/mol. The lowest BCUT2D eigenvalue weighted by Gasteiger charge is -2.16. The summed E-state index contributed by atoms with van der Waals surface area (Å²) in [5.74, 6) is -1.64. The minimum Gasteiger partial charge on any atom is -0.481 e. The van der Waals surface area contributed by atoms with Gasteiger partial charge in [0.1, 0.15) is 12.0 Å². The summed E-state index contributed by atoms with van der Waals surface area (Å²) in [5, 5.41) is 19.6. The van der Waals surface area contributed by atoms with Crippen molar-refractivity contribution in [3.05, 3.63) is 59.8 Å². The van der Waals surface area contributed by atoms with Crippen LogP contribution in [0.25, 0.3) is 16.6 Å². The molecule has 1 aromatic heterocycles. The fourth-order valence-electron chi connectivity index (χ4n) is 3.26. The SMILES string of the molecule is CC(CC(=O)O)c1cccc(-n2c(C(N)O)cc3ccc(OC(F)(F)F)cc32)c1. The lowest BCUT2D eigenvalue weighted by molar-refractivity contribution is -0.274. The minimum absolute atomic E-state index is 0.0776. The molecule has 0 aliphatic carbocycles. The first kappa shape index (κ1) is 20.7. The minimum atomic E-state index is -4.84. The third-order valence-corrected chi connectivity index (χ3v) is 4.52. The number of alkyl halides is 3. The number of aliphatic hydroxyl groups excluding tert-OH is 1. The van der Waals surface area contributed by atoms with E-state index in [1.165, 1.54) is 22.8 Å². The van der Waals surface area contributed by atoms with Crippen LogP contribution in [0.1, 0.15) is 36.7 Å². The second-order valence-corrected chi connectivity index (χ2v) is 6.71. The summed E-state index contributed by atoms with van der Waals surface area (Å²) in [6, 6.07) is 12.3. The lowest BCUT2D eigenvalue weighted by Crippen LogP contribution is -2.17. The molecule has 0 saturated carbocycles. The van der Waals surface area contributed by atoms with E-state index in [1.807, 2.05) is 0 Å². The number of aliphatic carboxylic acids is 1. The molecular formula is C20H19F3N2O4. The number of hydrogen-bond donors (Lipinski definition) is 3. The van der Waals surface area contributed by atoms with Crippen LogP contribution >= 0.6 is 0 Å². The van der Waals surface area contributed by atoms with Crippen LogP contribution < -0.4 is 10.5 Å². The van der Waals surface area contributed by atoms with Crippen LogP contribution in [0, 0.1) is 0 Å². The number of hydrogen-bond acceptors (Lipinski definition) is 4. The number of aliphatic hydroxyl groups is 1. The monoisotopic (exact) mass is 408 g/mol. The van der Waals surface area contributed by atoms with Gasteiger partial charge in [-0.25, -0.2) is 0 Å². The van der Waals surface area contributed by atoms with Crippen LogP contribution in [0.15, 0.2) is 48.5 Å². The highest BCUT2D eigenvalue weighted by molar-refractivity contribution is 5.85. The van der Waals surface area contributed by atoms with Gasteiger partial charge in [-0.15, -0.1) is 13.2 Å². The van der Waals surface area contributed by atoms with E-state index < -0.39 is 24.3 Å². The Morgan fingerprint density at radius 1 is 1.21 bits per heavy atom. The Hall–Kier alpha value is -3.04. The number of rotatable bonds is 6. The van der Waals surface area contributed by atoms with Crippen molar-refractivity contribution >= 4 is 16.9 Å². The fraction of sp³-hybridized carbons (Fsp3) is 0.250. The van der Waals surface area contributed by atoms with E-state index in [1.54, 1.807) is 37.3 Å². The van der Waals surface area contributed by atoms with E-state index in [0.717, 1.165) is 5.56 Å². The number of benzene rings is 2. The molecule has 1 heterocycles. The zero-order valence-electron chi connectivity index (χ0n) is 15.3. The Balaban J connectivity index is 2.15. The molecular weight excluding hydrogens is 389 g/mol. The van der Waals surface area contributed by atoms with Crippen molar-refractivity contribution in [2.24, 2.45) is 5.73 Å². The molecule has 0 radical (unpaired) electrons. The van der Waals surface area contributed by atoms with Crippen molar-refractivity contribution in [2.75, 3.05) is 0 Å². The molecule has 0 bridgehead atoms. The molecule has 0 aliphatic heterocycles. The van der Waals surface area contributed by atoms with E-state index >= 15 is 0 Å². The summed E-state index contributed by atoms with van der Waals surface area (Å²) in [4.78, 5) is 11.0. The topological polar surface area (TPSA) is 97.7 Å². The van der Waals surface area contributed by atoms with Crippen molar-refractivity contribution in [3.8, 4) is 11.4 Å². The summed E-state index contributed by atoms with van der Waals surface area (Å²) in [6.45, 7) is 1.76. The third kappa shape index (κ3) is 4.69. The second kappa shape index (κ2) is 7.76. The van der Waals surface area contributed by atoms with Gasteiger partial charge in [0.15, 0.2) is 0 Å². The Bertz CT molecular complexity index is 1040. The first-order chi connectivity index (χ1) is 13.5. The Morgan fingerprint density at radius 3 is 2.55 bits per heavy atom. The van der Waals surface area contributed by atoms with E-state index in [9.17, 15) is 23.1 Å². The number of halogens is 3. The van der Waals surface area contributed by atoms with Gasteiger partial charge in [0.05, 0.1) is 17.6 Å². The van der Waals surface area contributed by atoms with Crippen molar-refractivity contribution in [3.63, 3.8) is 0 Å². The molecule has 9 heteroatoms. The molecule has 2 aromatic carbocycles. The van der Waals surface area contributed by atoms with Crippen LogP contribution in [0.4, 0.5) is 13.2 Å². The maximum Gasteiger partial charge on any atom is 0.573 e. The van der Waals surface area contributed by atoms with Gasteiger partial charge < -0.3 is 25.3 Å². The van der Waals surface area contributed by atoms with Gasteiger partial charge in [0, 0.05) is 17.1 Å². The van der Waals surface area contributed by atoms with Crippen molar-refractivity contribution in [2.45, 2.75) is 31.9 Å². The van der Waals surface area contributed by atoms with E-state index in [0.29, 0.717) is 16.6 Å². The molecule has 0 amide bonds. The molecule has 0 spiro atoms. The average molecular weight is 408 g/mol. The standard InChI is InChI=1S/C20H19F3N2O4/c1-11(7-18(26)27)12-3-2-4-14(8-12)25-16-10-15(29-20(21,22)23)6-5-13(16)9-17(25)19(24)28/h2-6,8-11,19,28H,7,24H2,1H3,(H,26,27). The molecule has 0 fully saturated rings. The maximum atomic E-state index is 12.6. The molecule has 0 saturated heterocycles. The first-order valence-electron chi connectivity index (χ1n) is 8.72. The fourth-order valence-corrected chi connectivity index (χ4v) is 3.26. The third-order valence-electron chi connectivity index (χ3n) is 4.52. The van der Waals surface area contributed by atoms with Crippen LogP contribution in [0.2, 0.25) is 0 Å². The number of nitrogens with two attached hydrogens (primary N) is 1. The number of aromatic nitrogens is 1. The average Bonchev–Trinajstić information content (AvgIpc) is 2.99. The van der Waals surface area contributed by atoms with Crippen LogP contribution in [-0.4, -0.2) is 27.1 Å². The second-order valence-electron chi connectivity index (χ2n) is 6.71. The summed E-state index contributed by atoms with van der Waals surface area (Å²) >= 11 is 0. The first-order valence-corrected chi connectivity index (χ1v) is 8.72. The Kier molecular flexibility index (Phi) is 5.54. The number of carboxylic acids is 1. The lowest BCUT2D eigenvalue weighted by atomic mass is 9.97. The molecule has 2 atom stereocenters. The summed E-state index contributed by atoms with van der Waals surface area (Å²) in [6.07, 6.45) is -6.30. The highest BCUT2D eigenvalue weighted by Gasteiger charge is 2.31. The van der Waals surface area contributed by atoms with Crippen molar-refractivity contribution in [1.82, 2.24) is 4.57 Å². The van der Waals surface area contributed by atoms with Gasteiger partial charge in [0.2, 0.25) is 0 Å². The van der Waals surface area contributed by atoms with Crippen LogP contribution in [0.5, 0.6) is 5.75 Å². The highest BCUT2D eigenvalue weighted by atomic mass is 19.4. The molecule has 0 aliphatic rings. The Morgan fingerprint density at radius 2 is 1.93 bits per heavy atom. The van der Waals surface area contributed by atoms with Crippen molar-refractivity contribution in [1.29, 1.82) is 0 Å². The largest absolute Gasteiger partial charge is 0.573 e. The quantitative estimate of drug-likeness (QED) is 0.535. The normalized spacial score (nSPS) is 14.0.